The van der Waals surface area contributed by atoms with Gasteiger partial charge in [0, 0.05) is 6.07 Å². The minimum absolute atomic E-state index is 0.147. The molecule has 0 unspecified atom stereocenters. The monoisotopic (exact) mass is 340 g/mol. The van der Waals surface area contributed by atoms with Crippen molar-refractivity contribution in [3.63, 3.8) is 0 Å². The quantitative estimate of drug-likeness (QED) is 0.899. The Morgan fingerprint density at radius 1 is 1.04 bits per heavy atom. The van der Waals surface area contributed by atoms with Crippen molar-refractivity contribution >= 4 is 27.3 Å². The molecule has 0 heterocycles. The molecule has 2 N–H and O–H groups in total. The molecule has 23 heavy (non-hydrogen) atoms. The van der Waals surface area contributed by atoms with Crippen LogP contribution in [-0.2, 0) is 10.0 Å². The lowest BCUT2D eigenvalue weighted by Gasteiger charge is -2.13. The predicted octanol–water partition coefficient (Wildman–Crippen LogP) is 2.90. The van der Waals surface area contributed by atoms with Crippen molar-refractivity contribution < 1.29 is 22.0 Å². The van der Waals surface area contributed by atoms with Crippen molar-refractivity contribution in [1.29, 1.82) is 0 Å². The summed E-state index contributed by atoms with van der Waals surface area (Å²) in [7, 11) is -3.55. The van der Waals surface area contributed by atoms with Crippen LogP contribution in [0.5, 0.6) is 0 Å². The Bertz CT molecular complexity index is 867. The van der Waals surface area contributed by atoms with Gasteiger partial charge >= 0.3 is 0 Å². The van der Waals surface area contributed by atoms with Crippen LogP contribution in [0.4, 0.5) is 20.2 Å². The summed E-state index contributed by atoms with van der Waals surface area (Å²) in [4.78, 5) is 12.1. The first-order valence-corrected chi connectivity index (χ1v) is 8.40. The molecule has 0 bridgehead atoms. The number of aryl methyl sites for hydroxylation is 1. The third kappa shape index (κ3) is 4.49. The maximum atomic E-state index is 13.6. The summed E-state index contributed by atoms with van der Waals surface area (Å²) in [5.41, 5.74) is 0.732. The summed E-state index contributed by atoms with van der Waals surface area (Å²) in [5.74, 6) is -2.62. The Morgan fingerprint density at radius 3 is 2.35 bits per heavy atom. The highest BCUT2D eigenvalue weighted by atomic mass is 32.2. The SMILES string of the molecule is Cc1ccc(NS(C)(=O)=O)c(NC(=O)c2ccc(F)cc2F)c1. The fourth-order valence-corrected chi connectivity index (χ4v) is 2.49. The summed E-state index contributed by atoms with van der Waals surface area (Å²) < 4.78 is 51.5. The number of halogens is 2. The number of rotatable bonds is 4. The Balaban J connectivity index is 2.35. The molecule has 0 saturated heterocycles. The summed E-state index contributed by atoms with van der Waals surface area (Å²) in [6, 6.07) is 7.24. The van der Waals surface area contributed by atoms with Crippen molar-refractivity contribution in [3.8, 4) is 0 Å². The molecule has 0 radical (unpaired) electrons. The van der Waals surface area contributed by atoms with Gasteiger partial charge in [-0.3, -0.25) is 9.52 Å². The zero-order valence-corrected chi connectivity index (χ0v) is 13.2. The highest BCUT2D eigenvalue weighted by Crippen LogP contribution is 2.25. The minimum Gasteiger partial charge on any atom is -0.320 e. The van der Waals surface area contributed by atoms with Gasteiger partial charge in [-0.05, 0) is 36.8 Å². The van der Waals surface area contributed by atoms with E-state index in [0.29, 0.717) is 6.07 Å². The minimum atomic E-state index is -3.55. The van der Waals surface area contributed by atoms with E-state index in [2.05, 4.69) is 10.0 Å². The number of anilines is 2. The van der Waals surface area contributed by atoms with E-state index in [1.165, 1.54) is 12.1 Å². The molecule has 1 amide bonds. The fourth-order valence-electron chi connectivity index (χ4n) is 1.91. The van der Waals surface area contributed by atoms with E-state index < -0.39 is 27.6 Å². The molecule has 2 aromatic rings. The van der Waals surface area contributed by atoms with Gasteiger partial charge in [-0.15, -0.1) is 0 Å². The fraction of sp³-hybridized carbons (Fsp3) is 0.133. The first kappa shape index (κ1) is 16.9. The first-order valence-electron chi connectivity index (χ1n) is 6.50. The van der Waals surface area contributed by atoms with E-state index in [1.807, 2.05) is 0 Å². The van der Waals surface area contributed by atoms with Gasteiger partial charge in [0.15, 0.2) is 0 Å². The average molecular weight is 340 g/mol. The van der Waals surface area contributed by atoms with Gasteiger partial charge in [0.1, 0.15) is 11.6 Å². The van der Waals surface area contributed by atoms with Gasteiger partial charge < -0.3 is 5.32 Å². The molecule has 0 aromatic heterocycles. The molecule has 0 spiro atoms. The van der Waals surface area contributed by atoms with Crippen molar-refractivity contribution in [2.75, 3.05) is 16.3 Å². The van der Waals surface area contributed by atoms with Gasteiger partial charge in [-0.1, -0.05) is 6.07 Å². The second-order valence-electron chi connectivity index (χ2n) is 5.00. The Kier molecular flexibility index (Phi) is 4.65. The molecule has 0 fully saturated rings. The van der Waals surface area contributed by atoms with Crippen LogP contribution in [0.2, 0.25) is 0 Å². The molecule has 8 heteroatoms. The number of nitrogens with one attached hydrogen (secondary N) is 2. The van der Waals surface area contributed by atoms with E-state index in [0.717, 1.165) is 24.0 Å². The Hall–Kier alpha value is -2.48. The maximum Gasteiger partial charge on any atom is 0.258 e. The standard InChI is InChI=1S/C15H14F2N2O3S/c1-9-3-6-13(19-23(2,21)22)14(7-9)18-15(20)11-5-4-10(16)8-12(11)17/h3-8,19H,1-2H3,(H,18,20). The van der Waals surface area contributed by atoms with E-state index in [-0.39, 0.29) is 16.9 Å². The molecular weight excluding hydrogens is 326 g/mol. The van der Waals surface area contributed by atoms with E-state index in [9.17, 15) is 22.0 Å². The molecule has 0 saturated carbocycles. The number of benzene rings is 2. The molecule has 0 aliphatic heterocycles. The van der Waals surface area contributed by atoms with Crippen molar-refractivity contribution in [1.82, 2.24) is 0 Å². The smallest absolute Gasteiger partial charge is 0.258 e. The van der Waals surface area contributed by atoms with Crippen LogP contribution in [0.15, 0.2) is 36.4 Å². The zero-order chi connectivity index (χ0) is 17.2. The summed E-state index contributed by atoms with van der Waals surface area (Å²) in [6.07, 6.45) is 0.970. The van der Waals surface area contributed by atoms with Crippen LogP contribution >= 0.6 is 0 Å². The van der Waals surface area contributed by atoms with Gasteiger partial charge in [0.05, 0.1) is 23.2 Å². The lowest BCUT2D eigenvalue weighted by atomic mass is 10.1. The molecule has 5 nitrogen and oxygen atoms in total. The molecule has 0 atom stereocenters. The molecule has 2 rings (SSSR count). The van der Waals surface area contributed by atoms with Gasteiger partial charge in [-0.25, -0.2) is 17.2 Å². The summed E-state index contributed by atoms with van der Waals surface area (Å²) in [6.45, 7) is 1.75. The van der Waals surface area contributed by atoms with E-state index in [4.69, 9.17) is 0 Å². The average Bonchev–Trinajstić information content (AvgIpc) is 2.40. The number of carbonyl (C=O) groups is 1. The third-order valence-corrected chi connectivity index (χ3v) is 3.49. The zero-order valence-electron chi connectivity index (χ0n) is 12.4. The number of hydrogen-bond donors (Lipinski definition) is 2. The van der Waals surface area contributed by atoms with Crippen LogP contribution in [-0.4, -0.2) is 20.6 Å². The number of carbonyl (C=O) groups excluding carboxylic acids is 1. The maximum absolute atomic E-state index is 13.6. The molecule has 0 aliphatic carbocycles. The van der Waals surface area contributed by atoms with Gasteiger partial charge in [-0.2, -0.15) is 0 Å². The highest BCUT2D eigenvalue weighted by Gasteiger charge is 2.15. The van der Waals surface area contributed by atoms with Crippen LogP contribution in [0.3, 0.4) is 0 Å². The number of amides is 1. The lowest BCUT2D eigenvalue weighted by molar-refractivity contribution is 0.102. The normalized spacial score (nSPS) is 11.1. The molecule has 2 aromatic carbocycles. The largest absolute Gasteiger partial charge is 0.320 e. The van der Waals surface area contributed by atoms with Crippen molar-refractivity contribution in [2.45, 2.75) is 6.92 Å². The molecule has 122 valence electrons. The second kappa shape index (κ2) is 6.33. The Labute approximate surface area is 132 Å². The predicted molar refractivity (Wildman–Crippen MR) is 84.0 cm³/mol. The topological polar surface area (TPSA) is 75.3 Å². The highest BCUT2D eigenvalue weighted by molar-refractivity contribution is 7.92. The van der Waals surface area contributed by atoms with E-state index >= 15 is 0 Å². The molecule has 0 aliphatic rings. The first-order chi connectivity index (χ1) is 10.7. The summed E-state index contributed by atoms with van der Waals surface area (Å²) in [5, 5.41) is 2.42. The van der Waals surface area contributed by atoms with Crippen molar-refractivity contribution in [3.05, 3.63) is 59.2 Å². The van der Waals surface area contributed by atoms with Crippen LogP contribution < -0.4 is 10.0 Å². The van der Waals surface area contributed by atoms with E-state index in [1.54, 1.807) is 13.0 Å². The third-order valence-electron chi connectivity index (χ3n) is 2.89. The number of hydrogen-bond acceptors (Lipinski definition) is 3. The molecular formula is C15H14F2N2O3S. The van der Waals surface area contributed by atoms with Gasteiger partial charge in [0.2, 0.25) is 10.0 Å². The van der Waals surface area contributed by atoms with Crippen LogP contribution in [0.1, 0.15) is 15.9 Å². The van der Waals surface area contributed by atoms with Crippen molar-refractivity contribution in [2.24, 2.45) is 0 Å². The number of sulfonamides is 1. The van der Waals surface area contributed by atoms with Crippen LogP contribution in [0, 0.1) is 18.6 Å². The second-order valence-corrected chi connectivity index (χ2v) is 6.75. The summed E-state index contributed by atoms with van der Waals surface area (Å²) >= 11 is 0. The van der Waals surface area contributed by atoms with Crippen LogP contribution in [0.25, 0.3) is 0 Å². The Morgan fingerprint density at radius 2 is 1.74 bits per heavy atom. The van der Waals surface area contributed by atoms with Gasteiger partial charge in [0.25, 0.3) is 5.91 Å². The lowest BCUT2D eigenvalue weighted by Crippen LogP contribution is -2.17.